The number of carbonyl (C=O) groups excluding carboxylic acids is 6. The highest BCUT2D eigenvalue weighted by atomic mass is 16.3. The van der Waals surface area contributed by atoms with Gasteiger partial charge in [0.25, 0.3) is 5.91 Å². The second kappa shape index (κ2) is 21.9. The molecule has 1 heterocycles. The lowest BCUT2D eigenvalue weighted by Crippen LogP contribution is -2.62. The molecular formula is C35H63N5O9. The monoisotopic (exact) mass is 697 g/mol. The Balaban J connectivity index is 3.82. The number of unbranched alkanes of at least 4 members (excludes halogenated alkanes) is 4. The Kier molecular flexibility index (Phi) is 19.6. The molecular weight excluding hydrogens is 634 g/mol. The van der Waals surface area contributed by atoms with Gasteiger partial charge in [0.15, 0.2) is 0 Å². The highest BCUT2D eigenvalue weighted by Gasteiger charge is 2.43. The van der Waals surface area contributed by atoms with Crippen LogP contribution in [0.2, 0.25) is 0 Å². The summed E-state index contributed by atoms with van der Waals surface area (Å²) in [6.07, 6.45) is 2.52. The van der Waals surface area contributed by atoms with Crippen molar-refractivity contribution < 1.29 is 44.1 Å². The van der Waals surface area contributed by atoms with Crippen LogP contribution in [0.1, 0.15) is 120 Å². The molecule has 49 heavy (non-hydrogen) atoms. The van der Waals surface area contributed by atoms with Gasteiger partial charge in [0.05, 0.1) is 25.2 Å². The van der Waals surface area contributed by atoms with Crippen LogP contribution in [0.4, 0.5) is 0 Å². The largest absolute Gasteiger partial charge is 0.394 e. The zero-order chi connectivity index (χ0) is 37.4. The summed E-state index contributed by atoms with van der Waals surface area (Å²) in [5.74, 6) is -6.06. The molecule has 1 aliphatic heterocycles. The summed E-state index contributed by atoms with van der Waals surface area (Å²) in [4.78, 5) is 83.8. The van der Waals surface area contributed by atoms with Crippen molar-refractivity contribution in [2.24, 2.45) is 17.8 Å². The molecule has 0 aromatic heterocycles. The Labute approximate surface area is 291 Å². The Morgan fingerprint density at radius 3 is 1.80 bits per heavy atom. The molecule has 0 radical (unpaired) electrons. The predicted octanol–water partition coefficient (Wildman–Crippen LogP) is 1.29. The molecule has 282 valence electrons. The minimum absolute atomic E-state index is 0.0241. The lowest BCUT2D eigenvalue weighted by molar-refractivity contribution is -0.156. The third-order valence-corrected chi connectivity index (χ3v) is 8.86. The first-order chi connectivity index (χ1) is 23.0. The lowest BCUT2D eigenvalue weighted by atomic mass is 9.93. The summed E-state index contributed by atoms with van der Waals surface area (Å²) >= 11 is 0. The fourth-order valence-corrected chi connectivity index (χ4v) is 5.78. The van der Waals surface area contributed by atoms with Crippen LogP contribution in [-0.4, -0.2) is 105 Å². The molecule has 0 aromatic carbocycles. The van der Waals surface area contributed by atoms with E-state index < -0.39 is 96.8 Å². The summed E-state index contributed by atoms with van der Waals surface area (Å²) in [6, 6.07) is -7.11. The third-order valence-electron chi connectivity index (χ3n) is 8.86. The third kappa shape index (κ3) is 14.3. The van der Waals surface area contributed by atoms with Gasteiger partial charge in [0.1, 0.15) is 30.2 Å². The number of amides is 6. The van der Waals surface area contributed by atoms with Gasteiger partial charge in [0.2, 0.25) is 29.5 Å². The van der Waals surface area contributed by atoms with Crippen molar-refractivity contribution in [2.75, 3.05) is 6.61 Å². The molecule has 8 atom stereocenters. The van der Waals surface area contributed by atoms with Crippen molar-refractivity contribution in [3.8, 4) is 0 Å². The number of rotatable bonds is 16. The Bertz CT molecular complexity index is 1100. The minimum atomic E-state index is -1.61. The van der Waals surface area contributed by atoms with Crippen LogP contribution in [0.3, 0.4) is 0 Å². The van der Waals surface area contributed by atoms with Gasteiger partial charge in [-0.25, -0.2) is 0 Å². The van der Waals surface area contributed by atoms with Crippen LogP contribution in [0, 0.1) is 17.8 Å². The fourth-order valence-electron chi connectivity index (χ4n) is 5.78. The summed E-state index contributed by atoms with van der Waals surface area (Å²) in [7, 11) is 0. The number of hydrogen-bond acceptors (Lipinski definition) is 9. The SMILES string of the molecule is CCCCCCCC(O)CC(=O)N1C(=O)[C@H]([C@@H](C)CC)NC(=O)[C@@H](CC(C)C)NC(=O)[C@H]([C@@H](C)O)NC(=O)[C@H](CO)NC(=O)[C@H]1CC(C)C. The van der Waals surface area contributed by atoms with Crippen LogP contribution in [0.25, 0.3) is 0 Å². The van der Waals surface area contributed by atoms with Gasteiger partial charge < -0.3 is 36.6 Å². The molecule has 0 bridgehead atoms. The van der Waals surface area contributed by atoms with Crippen molar-refractivity contribution in [1.82, 2.24) is 26.2 Å². The van der Waals surface area contributed by atoms with E-state index in [0.717, 1.165) is 30.6 Å². The number of aliphatic hydroxyl groups excluding tert-OH is 3. The van der Waals surface area contributed by atoms with Gasteiger partial charge in [-0.1, -0.05) is 87.0 Å². The van der Waals surface area contributed by atoms with Crippen LogP contribution >= 0.6 is 0 Å². The summed E-state index contributed by atoms with van der Waals surface area (Å²) in [6.45, 7) is 13.2. The quantitative estimate of drug-likeness (QED) is 0.116. The maximum absolute atomic E-state index is 14.6. The second-order valence-corrected chi connectivity index (χ2v) is 14.3. The summed E-state index contributed by atoms with van der Waals surface area (Å²) < 4.78 is 0. The smallest absolute Gasteiger partial charge is 0.252 e. The maximum atomic E-state index is 14.6. The Hall–Kier alpha value is -3.10. The topological polar surface area (TPSA) is 214 Å². The summed E-state index contributed by atoms with van der Waals surface area (Å²) in [5, 5.41) is 41.5. The van der Waals surface area contributed by atoms with Crippen LogP contribution in [-0.2, 0) is 28.8 Å². The average molecular weight is 698 g/mol. The molecule has 0 aliphatic carbocycles. The highest BCUT2D eigenvalue weighted by molar-refractivity contribution is 6.05. The minimum Gasteiger partial charge on any atom is -0.394 e. The van der Waals surface area contributed by atoms with Crippen molar-refractivity contribution >= 4 is 35.4 Å². The van der Waals surface area contributed by atoms with E-state index in [0.29, 0.717) is 19.3 Å². The number of nitrogens with zero attached hydrogens (tertiary/aromatic N) is 1. The second-order valence-electron chi connectivity index (χ2n) is 14.3. The molecule has 1 unspecified atom stereocenters. The number of imide groups is 1. The number of aliphatic hydroxyl groups is 3. The van der Waals surface area contributed by atoms with Crippen LogP contribution in [0.15, 0.2) is 0 Å². The van der Waals surface area contributed by atoms with Crippen molar-refractivity contribution in [3.05, 3.63) is 0 Å². The number of hydrogen-bond donors (Lipinski definition) is 7. The molecule has 7 N–H and O–H groups in total. The van der Waals surface area contributed by atoms with Crippen LogP contribution < -0.4 is 21.3 Å². The average Bonchev–Trinajstić information content (AvgIpc) is 3.02. The Morgan fingerprint density at radius 1 is 0.714 bits per heavy atom. The molecule has 0 saturated carbocycles. The van der Waals surface area contributed by atoms with E-state index >= 15 is 0 Å². The van der Waals surface area contributed by atoms with E-state index in [1.807, 2.05) is 13.8 Å². The van der Waals surface area contributed by atoms with E-state index in [9.17, 15) is 44.1 Å². The van der Waals surface area contributed by atoms with E-state index in [1.165, 1.54) is 6.92 Å². The van der Waals surface area contributed by atoms with Crippen molar-refractivity contribution in [1.29, 1.82) is 0 Å². The van der Waals surface area contributed by atoms with E-state index in [1.54, 1.807) is 27.7 Å². The lowest BCUT2D eigenvalue weighted by Gasteiger charge is -2.36. The molecule has 1 saturated heterocycles. The van der Waals surface area contributed by atoms with Crippen LogP contribution in [0.5, 0.6) is 0 Å². The van der Waals surface area contributed by atoms with Gasteiger partial charge >= 0.3 is 0 Å². The highest BCUT2D eigenvalue weighted by Crippen LogP contribution is 2.21. The number of nitrogens with one attached hydrogen (secondary N) is 4. The van der Waals surface area contributed by atoms with Gasteiger partial charge in [-0.05, 0) is 43.9 Å². The van der Waals surface area contributed by atoms with Crippen molar-refractivity contribution in [3.63, 3.8) is 0 Å². The molecule has 14 nitrogen and oxygen atoms in total. The first-order valence-electron chi connectivity index (χ1n) is 18.0. The summed E-state index contributed by atoms with van der Waals surface area (Å²) in [5.41, 5.74) is 0. The molecule has 1 fully saturated rings. The molecule has 1 rings (SSSR count). The van der Waals surface area contributed by atoms with E-state index in [2.05, 4.69) is 28.2 Å². The maximum Gasteiger partial charge on any atom is 0.252 e. The molecule has 1 aliphatic rings. The first-order valence-corrected chi connectivity index (χ1v) is 18.0. The zero-order valence-electron chi connectivity index (χ0n) is 30.8. The van der Waals surface area contributed by atoms with Gasteiger partial charge in [0, 0.05) is 0 Å². The Morgan fingerprint density at radius 2 is 1.27 bits per heavy atom. The normalized spacial score (nSPS) is 25.1. The predicted molar refractivity (Wildman–Crippen MR) is 184 cm³/mol. The van der Waals surface area contributed by atoms with E-state index in [4.69, 9.17) is 0 Å². The zero-order valence-corrected chi connectivity index (χ0v) is 30.8. The van der Waals surface area contributed by atoms with Crippen molar-refractivity contribution in [2.45, 2.75) is 162 Å². The van der Waals surface area contributed by atoms with E-state index in [-0.39, 0.29) is 24.7 Å². The van der Waals surface area contributed by atoms with Gasteiger partial charge in [-0.2, -0.15) is 0 Å². The van der Waals surface area contributed by atoms with Gasteiger partial charge in [-0.3, -0.25) is 33.7 Å². The fraction of sp³-hybridized carbons (Fsp3) is 0.829. The molecule has 14 heteroatoms. The van der Waals surface area contributed by atoms with Gasteiger partial charge in [-0.15, -0.1) is 0 Å². The molecule has 6 amide bonds. The first kappa shape index (κ1) is 43.9. The molecule has 0 aromatic rings. The number of carbonyl (C=O) groups is 6. The molecule has 0 spiro atoms. The standard InChI is InChI=1S/C35H63N5O9/c1-9-11-12-13-14-15-24(43)18-28(44)40-27(17-21(5)6)33(47)37-26(19-41)32(46)39-30(23(8)42)34(48)36-25(16-20(3)4)31(45)38-29(35(40)49)22(7)10-2/h20-27,29-30,41-43H,9-19H2,1-8H3,(H,36,48)(H,37,47)(H,38,45)(H,39,46)/t22-,23+,24?,25+,26-,27+,29-,30-/m0/s1.